The highest BCUT2D eigenvalue weighted by molar-refractivity contribution is 9.09. The van der Waals surface area contributed by atoms with E-state index < -0.39 is 0 Å². The van der Waals surface area contributed by atoms with Gasteiger partial charge in [-0.2, -0.15) is 4.98 Å². The molecule has 0 radical (unpaired) electrons. The van der Waals surface area contributed by atoms with Crippen LogP contribution in [0, 0.1) is 0 Å². The maximum Gasteiger partial charge on any atom is 0.233 e. The van der Waals surface area contributed by atoms with Crippen molar-refractivity contribution in [2.45, 2.75) is 6.42 Å². The van der Waals surface area contributed by atoms with E-state index >= 15 is 0 Å². The average molecular weight is 315 g/mol. The highest BCUT2D eigenvalue weighted by atomic mass is 79.9. The number of anilines is 1. The normalized spacial score (nSPS) is 17.6. The third-order valence-electron chi connectivity index (χ3n) is 3.12. The van der Waals surface area contributed by atoms with Crippen LogP contribution < -0.4 is 9.64 Å². The second-order valence-corrected chi connectivity index (χ2v) is 5.08. The lowest BCUT2D eigenvalue weighted by Crippen LogP contribution is -2.32. The number of ether oxygens (including phenoxy) is 1. The number of methoxy groups -OCH3 is 1. The highest BCUT2D eigenvalue weighted by Gasteiger charge is 2.16. The fraction of sp³-hybridized carbons (Fsp3) is 0.667. The SMILES string of the molecule is COc1cncc(N2CCCN(CCBr)CC2)n1. The summed E-state index contributed by atoms with van der Waals surface area (Å²) in [6, 6.07) is 0. The van der Waals surface area contributed by atoms with E-state index in [1.54, 1.807) is 13.3 Å². The monoisotopic (exact) mass is 314 g/mol. The van der Waals surface area contributed by atoms with Crippen LogP contribution >= 0.6 is 15.9 Å². The number of halogens is 1. The smallest absolute Gasteiger partial charge is 0.233 e. The second kappa shape index (κ2) is 6.89. The van der Waals surface area contributed by atoms with Gasteiger partial charge in [0.25, 0.3) is 0 Å². The molecule has 1 aliphatic heterocycles. The van der Waals surface area contributed by atoms with Gasteiger partial charge < -0.3 is 14.5 Å². The van der Waals surface area contributed by atoms with Crippen LogP contribution in [-0.4, -0.2) is 60.0 Å². The molecule has 1 aromatic heterocycles. The molecule has 0 spiro atoms. The van der Waals surface area contributed by atoms with Gasteiger partial charge in [0.2, 0.25) is 5.88 Å². The van der Waals surface area contributed by atoms with Gasteiger partial charge in [-0.15, -0.1) is 0 Å². The number of nitrogens with zero attached hydrogens (tertiary/aromatic N) is 4. The second-order valence-electron chi connectivity index (χ2n) is 4.29. The number of hydrogen-bond acceptors (Lipinski definition) is 5. The van der Waals surface area contributed by atoms with Crippen molar-refractivity contribution >= 4 is 21.7 Å². The minimum Gasteiger partial charge on any atom is -0.480 e. The van der Waals surface area contributed by atoms with Gasteiger partial charge in [0, 0.05) is 31.5 Å². The van der Waals surface area contributed by atoms with Gasteiger partial charge in [-0.3, -0.25) is 4.98 Å². The molecule has 0 amide bonds. The molecule has 1 aromatic rings. The third-order valence-corrected chi connectivity index (χ3v) is 3.48. The third kappa shape index (κ3) is 3.55. The van der Waals surface area contributed by atoms with Crippen molar-refractivity contribution in [1.82, 2.24) is 14.9 Å². The van der Waals surface area contributed by atoms with Crippen LogP contribution in [0.4, 0.5) is 5.82 Å². The van der Waals surface area contributed by atoms with Crippen molar-refractivity contribution in [2.24, 2.45) is 0 Å². The molecule has 1 aliphatic rings. The number of alkyl halides is 1. The summed E-state index contributed by atoms with van der Waals surface area (Å²) in [6.07, 6.45) is 4.60. The van der Waals surface area contributed by atoms with Crippen molar-refractivity contribution in [3.05, 3.63) is 12.4 Å². The van der Waals surface area contributed by atoms with E-state index in [0.29, 0.717) is 5.88 Å². The Morgan fingerprint density at radius 1 is 1.28 bits per heavy atom. The lowest BCUT2D eigenvalue weighted by Gasteiger charge is -2.22. The van der Waals surface area contributed by atoms with E-state index in [1.807, 2.05) is 6.20 Å². The van der Waals surface area contributed by atoms with Crippen LogP contribution in [0.3, 0.4) is 0 Å². The van der Waals surface area contributed by atoms with E-state index in [4.69, 9.17) is 4.74 Å². The number of rotatable bonds is 4. The van der Waals surface area contributed by atoms with Gasteiger partial charge >= 0.3 is 0 Å². The molecule has 0 N–H and O–H groups in total. The van der Waals surface area contributed by atoms with E-state index in [-0.39, 0.29) is 0 Å². The summed E-state index contributed by atoms with van der Waals surface area (Å²) in [5.41, 5.74) is 0. The molecule has 0 aromatic carbocycles. The topological polar surface area (TPSA) is 41.5 Å². The molecule has 5 nitrogen and oxygen atoms in total. The fourth-order valence-corrected chi connectivity index (χ4v) is 2.63. The first-order chi connectivity index (χ1) is 8.83. The molecule has 0 aliphatic carbocycles. The van der Waals surface area contributed by atoms with Gasteiger partial charge in [0.15, 0.2) is 5.82 Å². The summed E-state index contributed by atoms with van der Waals surface area (Å²) in [6.45, 7) is 5.36. The summed E-state index contributed by atoms with van der Waals surface area (Å²) in [5.74, 6) is 1.49. The lowest BCUT2D eigenvalue weighted by atomic mass is 10.4. The van der Waals surface area contributed by atoms with Gasteiger partial charge in [0.1, 0.15) is 0 Å². The molecule has 2 rings (SSSR count). The van der Waals surface area contributed by atoms with Crippen LogP contribution in [0.1, 0.15) is 6.42 Å². The molecule has 0 bridgehead atoms. The maximum atomic E-state index is 5.12. The minimum absolute atomic E-state index is 0.578. The molecular weight excluding hydrogens is 296 g/mol. The van der Waals surface area contributed by atoms with E-state index in [0.717, 1.165) is 50.3 Å². The molecule has 1 fully saturated rings. The summed E-state index contributed by atoms with van der Waals surface area (Å²) < 4.78 is 5.12. The van der Waals surface area contributed by atoms with Gasteiger partial charge in [-0.05, 0) is 13.0 Å². The Labute approximate surface area is 116 Å². The largest absolute Gasteiger partial charge is 0.480 e. The fourth-order valence-electron chi connectivity index (χ4n) is 2.13. The van der Waals surface area contributed by atoms with Crippen molar-refractivity contribution in [2.75, 3.05) is 50.1 Å². The standard InChI is InChI=1S/C12H19BrN4O/c1-18-12-10-14-9-11(15-12)17-5-2-4-16(6-3-13)7-8-17/h9-10H,2-8H2,1H3. The molecule has 1 saturated heterocycles. The van der Waals surface area contributed by atoms with Crippen molar-refractivity contribution in [3.8, 4) is 5.88 Å². The van der Waals surface area contributed by atoms with Crippen molar-refractivity contribution in [3.63, 3.8) is 0 Å². The Balaban J connectivity index is 2.00. The Morgan fingerprint density at radius 3 is 2.94 bits per heavy atom. The lowest BCUT2D eigenvalue weighted by molar-refractivity contribution is 0.313. The summed E-state index contributed by atoms with van der Waals surface area (Å²) in [4.78, 5) is 13.4. The predicted molar refractivity (Wildman–Crippen MR) is 75.6 cm³/mol. The minimum atomic E-state index is 0.578. The first kappa shape index (κ1) is 13.5. The Hall–Kier alpha value is -0.880. The molecule has 100 valence electrons. The first-order valence-electron chi connectivity index (χ1n) is 6.23. The van der Waals surface area contributed by atoms with E-state index in [2.05, 4.69) is 35.7 Å². The van der Waals surface area contributed by atoms with Gasteiger partial charge in [-0.1, -0.05) is 15.9 Å². The molecular formula is C12H19BrN4O. The van der Waals surface area contributed by atoms with E-state index in [9.17, 15) is 0 Å². The molecule has 18 heavy (non-hydrogen) atoms. The van der Waals surface area contributed by atoms with Crippen LogP contribution in [0.2, 0.25) is 0 Å². The van der Waals surface area contributed by atoms with Crippen LogP contribution in [0.15, 0.2) is 12.4 Å². The van der Waals surface area contributed by atoms with Crippen molar-refractivity contribution in [1.29, 1.82) is 0 Å². The molecule has 2 heterocycles. The number of hydrogen-bond donors (Lipinski definition) is 0. The van der Waals surface area contributed by atoms with Crippen LogP contribution in [0.25, 0.3) is 0 Å². The van der Waals surface area contributed by atoms with E-state index in [1.165, 1.54) is 0 Å². The predicted octanol–water partition coefficient (Wildman–Crippen LogP) is 1.39. The zero-order valence-electron chi connectivity index (χ0n) is 10.7. The van der Waals surface area contributed by atoms with Gasteiger partial charge in [-0.25, -0.2) is 0 Å². The van der Waals surface area contributed by atoms with Crippen LogP contribution in [-0.2, 0) is 0 Å². The summed E-state index contributed by atoms with van der Waals surface area (Å²) in [7, 11) is 1.62. The number of aromatic nitrogens is 2. The molecule has 6 heteroatoms. The zero-order valence-corrected chi connectivity index (χ0v) is 12.3. The Bertz CT molecular complexity index is 377. The van der Waals surface area contributed by atoms with Gasteiger partial charge in [0.05, 0.1) is 19.5 Å². The zero-order chi connectivity index (χ0) is 12.8. The Morgan fingerprint density at radius 2 is 2.17 bits per heavy atom. The Kier molecular flexibility index (Phi) is 5.19. The van der Waals surface area contributed by atoms with Crippen molar-refractivity contribution < 1.29 is 4.74 Å². The summed E-state index contributed by atoms with van der Waals surface area (Å²) >= 11 is 3.50. The summed E-state index contributed by atoms with van der Waals surface area (Å²) in [5, 5.41) is 1.03. The highest BCUT2D eigenvalue weighted by Crippen LogP contribution is 2.15. The molecule has 0 unspecified atom stereocenters. The van der Waals surface area contributed by atoms with Crippen LogP contribution in [0.5, 0.6) is 5.88 Å². The average Bonchev–Trinajstić information content (AvgIpc) is 2.65. The molecule has 0 atom stereocenters. The quantitative estimate of drug-likeness (QED) is 0.786. The maximum absolute atomic E-state index is 5.12. The first-order valence-corrected chi connectivity index (χ1v) is 7.35. The molecule has 0 saturated carbocycles.